The van der Waals surface area contributed by atoms with Gasteiger partial charge in [0.1, 0.15) is 24.2 Å². The van der Waals surface area contributed by atoms with E-state index in [9.17, 15) is 4.79 Å². The number of amides is 1. The van der Waals surface area contributed by atoms with E-state index in [2.05, 4.69) is 20.4 Å². The lowest BCUT2D eigenvalue weighted by Crippen LogP contribution is -2.12. The predicted octanol–water partition coefficient (Wildman–Crippen LogP) is 2.12. The summed E-state index contributed by atoms with van der Waals surface area (Å²) in [4.78, 5) is 20.2. The zero-order valence-corrected chi connectivity index (χ0v) is 11.6. The highest BCUT2D eigenvalue weighted by atomic mass is 16.3. The van der Waals surface area contributed by atoms with Gasteiger partial charge < -0.3 is 9.73 Å². The van der Waals surface area contributed by atoms with Crippen LogP contribution in [-0.2, 0) is 0 Å². The molecule has 3 rings (SSSR count). The van der Waals surface area contributed by atoms with Crippen molar-refractivity contribution in [2.45, 2.75) is 13.8 Å². The number of furan rings is 1. The highest BCUT2D eigenvalue weighted by Crippen LogP contribution is 2.16. The van der Waals surface area contributed by atoms with Crippen LogP contribution in [-0.4, -0.2) is 25.7 Å². The van der Waals surface area contributed by atoms with Crippen LogP contribution in [0.5, 0.6) is 0 Å². The number of carbonyl (C=O) groups is 1. The van der Waals surface area contributed by atoms with E-state index in [0.29, 0.717) is 28.6 Å². The Morgan fingerprint density at radius 1 is 1.33 bits per heavy atom. The summed E-state index contributed by atoms with van der Waals surface area (Å²) >= 11 is 0. The molecule has 1 amide bonds. The van der Waals surface area contributed by atoms with Gasteiger partial charge in [0.25, 0.3) is 5.91 Å². The lowest BCUT2D eigenvalue weighted by atomic mass is 10.2. The number of pyridine rings is 1. The molecule has 0 aliphatic carbocycles. The summed E-state index contributed by atoms with van der Waals surface area (Å²) in [5.41, 5.74) is 1.12. The maximum absolute atomic E-state index is 12.1. The molecule has 0 atom stereocenters. The lowest BCUT2D eigenvalue weighted by Gasteiger charge is -2.05. The molecule has 0 spiro atoms. The zero-order valence-electron chi connectivity index (χ0n) is 11.6. The molecule has 7 nitrogen and oxygen atoms in total. The number of anilines is 1. The summed E-state index contributed by atoms with van der Waals surface area (Å²) in [6.45, 7) is 3.56. The van der Waals surface area contributed by atoms with Crippen LogP contribution in [0.4, 0.5) is 5.69 Å². The first-order valence-electron chi connectivity index (χ1n) is 6.33. The molecule has 1 N–H and O–H groups in total. The molecule has 0 saturated carbocycles. The van der Waals surface area contributed by atoms with E-state index < -0.39 is 0 Å². The van der Waals surface area contributed by atoms with Crippen molar-refractivity contribution in [2.75, 3.05) is 5.32 Å². The minimum Gasteiger partial charge on any atom is -0.466 e. The molecular formula is C14H13N5O2. The van der Waals surface area contributed by atoms with E-state index in [1.165, 1.54) is 11.0 Å². The second-order valence-electron chi connectivity index (χ2n) is 4.53. The van der Waals surface area contributed by atoms with Gasteiger partial charge in [-0.2, -0.15) is 5.10 Å². The van der Waals surface area contributed by atoms with E-state index in [1.54, 1.807) is 44.6 Å². The summed E-state index contributed by atoms with van der Waals surface area (Å²) < 4.78 is 6.88. The zero-order chi connectivity index (χ0) is 14.8. The van der Waals surface area contributed by atoms with Crippen LogP contribution in [0.1, 0.15) is 21.9 Å². The van der Waals surface area contributed by atoms with Crippen molar-refractivity contribution in [3.63, 3.8) is 0 Å². The largest absolute Gasteiger partial charge is 0.466 e. The first-order chi connectivity index (χ1) is 10.1. The Balaban J connectivity index is 1.76. The van der Waals surface area contributed by atoms with Crippen molar-refractivity contribution in [2.24, 2.45) is 0 Å². The average molecular weight is 283 g/mol. The molecule has 0 radical (unpaired) electrons. The number of hydrogen-bond donors (Lipinski definition) is 1. The molecule has 3 aromatic heterocycles. The first-order valence-corrected chi connectivity index (χ1v) is 6.33. The minimum absolute atomic E-state index is 0.223. The molecule has 0 aromatic carbocycles. The number of nitrogens with one attached hydrogen (secondary N) is 1. The number of aryl methyl sites for hydroxylation is 2. The number of carbonyl (C=O) groups excluding carboxylic acids is 1. The van der Waals surface area contributed by atoms with Gasteiger partial charge >= 0.3 is 0 Å². The van der Waals surface area contributed by atoms with E-state index in [4.69, 9.17) is 4.42 Å². The van der Waals surface area contributed by atoms with Crippen LogP contribution in [0.3, 0.4) is 0 Å². The third-order valence-corrected chi connectivity index (χ3v) is 2.94. The standard InChI is InChI=1S/C14H13N5O2/c1-9-5-12(10(2)21-9)14(20)18-11-3-4-13(16-6-11)19-8-15-7-17-19/h3-8H,1-2H3,(H,18,20). The van der Waals surface area contributed by atoms with E-state index in [1.807, 2.05) is 0 Å². The number of hydrogen-bond acceptors (Lipinski definition) is 5. The molecule has 3 heterocycles. The highest BCUT2D eigenvalue weighted by molar-refractivity contribution is 6.04. The molecule has 0 aliphatic heterocycles. The fraction of sp³-hybridized carbons (Fsp3) is 0.143. The van der Waals surface area contributed by atoms with Gasteiger partial charge in [-0.15, -0.1) is 0 Å². The van der Waals surface area contributed by atoms with Crippen molar-refractivity contribution in [1.29, 1.82) is 0 Å². The number of rotatable bonds is 3. The smallest absolute Gasteiger partial charge is 0.259 e. The quantitative estimate of drug-likeness (QED) is 0.795. The summed E-state index contributed by atoms with van der Waals surface area (Å²) in [5.74, 6) is 1.70. The number of aromatic nitrogens is 4. The summed E-state index contributed by atoms with van der Waals surface area (Å²) in [7, 11) is 0. The van der Waals surface area contributed by atoms with Gasteiger partial charge in [-0.25, -0.2) is 14.6 Å². The van der Waals surface area contributed by atoms with Gasteiger partial charge in [0.05, 0.1) is 17.4 Å². The normalized spacial score (nSPS) is 10.6. The van der Waals surface area contributed by atoms with Crippen LogP contribution in [0.25, 0.3) is 5.82 Å². The summed E-state index contributed by atoms with van der Waals surface area (Å²) in [6.07, 6.45) is 4.55. The second kappa shape index (κ2) is 5.20. The van der Waals surface area contributed by atoms with E-state index in [-0.39, 0.29) is 5.91 Å². The molecule has 0 aliphatic rings. The van der Waals surface area contributed by atoms with Crippen LogP contribution in [0, 0.1) is 13.8 Å². The maximum atomic E-state index is 12.1. The Kier molecular flexibility index (Phi) is 3.23. The SMILES string of the molecule is Cc1cc(C(=O)Nc2ccc(-n3cncn3)nc2)c(C)o1. The van der Waals surface area contributed by atoms with Gasteiger partial charge in [-0.1, -0.05) is 0 Å². The van der Waals surface area contributed by atoms with Gasteiger partial charge in [-0.05, 0) is 32.0 Å². The molecule has 0 saturated heterocycles. The Morgan fingerprint density at radius 3 is 2.76 bits per heavy atom. The van der Waals surface area contributed by atoms with Gasteiger partial charge in [0.15, 0.2) is 5.82 Å². The van der Waals surface area contributed by atoms with Crippen LogP contribution < -0.4 is 5.32 Å². The molecule has 21 heavy (non-hydrogen) atoms. The topological polar surface area (TPSA) is 85.8 Å². The molecule has 7 heteroatoms. The average Bonchev–Trinajstić information content (AvgIpc) is 3.09. The molecule has 3 aromatic rings. The third-order valence-electron chi connectivity index (χ3n) is 2.94. The van der Waals surface area contributed by atoms with Gasteiger partial charge in [0, 0.05) is 0 Å². The molecular weight excluding hydrogens is 270 g/mol. The van der Waals surface area contributed by atoms with Crippen molar-refractivity contribution in [3.8, 4) is 5.82 Å². The van der Waals surface area contributed by atoms with Gasteiger partial charge in [-0.3, -0.25) is 4.79 Å². The highest BCUT2D eigenvalue weighted by Gasteiger charge is 2.13. The Labute approximate surface area is 120 Å². The lowest BCUT2D eigenvalue weighted by molar-refractivity contribution is 0.102. The Hall–Kier alpha value is -2.96. The van der Waals surface area contributed by atoms with Gasteiger partial charge in [0.2, 0.25) is 0 Å². The van der Waals surface area contributed by atoms with Crippen molar-refractivity contribution < 1.29 is 9.21 Å². The van der Waals surface area contributed by atoms with Crippen LogP contribution in [0.2, 0.25) is 0 Å². The summed E-state index contributed by atoms with van der Waals surface area (Å²) in [6, 6.07) is 5.21. The van der Waals surface area contributed by atoms with Crippen LogP contribution in [0.15, 0.2) is 41.5 Å². The Morgan fingerprint density at radius 2 is 2.19 bits per heavy atom. The van der Waals surface area contributed by atoms with Crippen LogP contribution >= 0.6 is 0 Å². The molecule has 0 bridgehead atoms. The maximum Gasteiger partial charge on any atom is 0.259 e. The predicted molar refractivity (Wildman–Crippen MR) is 75.3 cm³/mol. The fourth-order valence-corrected chi connectivity index (χ4v) is 1.98. The molecule has 0 unspecified atom stereocenters. The monoisotopic (exact) mass is 283 g/mol. The summed E-state index contributed by atoms with van der Waals surface area (Å²) in [5, 5.41) is 6.76. The minimum atomic E-state index is -0.223. The second-order valence-corrected chi connectivity index (χ2v) is 4.53. The number of nitrogens with zero attached hydrogens (tertiary/aromatic N) is 4. The Bertz CT molecular complexity index is 759. The van der Waals surface area contributed by atoms with Crippen molar-refractivity contribution in [3.05, 3.63) is 54.1 Å². The van der Waals surface area contributed by atoms with Crippen molar-refractivity contribution >= 4 is 11.6 Å². The van der Waals surface area contributed by atoms with E-state index >= 15 is 0 Å². The van der Waals surface area contributed by atoms with Crippen molar-refractivity contribution in [1.82, 2.24) is 19.7 Å². The molecule has 0 fully saturated rings. The fourth-order valence-electron chi connectivity index (χ4n) is 1.98. The van der Waals surface area contributed by atoms with E-state index in [0.717, 1.165) is 0 Å². The first kappa shape index (κ1) is 13.0. The third kappa shape index (κ3) is 2.66. The molecule has 106 valence electrons.